The van der Waals surface area contributed by atoms with Crippen molar-refractivity contribution in [3.05, 3.63) is 81.7 Å². The number of carbonyl (C=O) groups excluding carboxylic acids is 1. The highest BCUT2D eigenvalue weighted by Gasteiger charge is 2.18. The summed E-state index contributed by atoms with van der Waals surface area (Å²) in [6.45, 7) is 5.91. The van der Waals surface area contributed by atoms with Crippen molar-refractivity contribution >= 4 is 16.8 Å². The highest BCUT2D eigenvalue weighted by atomic mass is 16.2. The van der Waals surface area contributed by atoms with Crippen molar-refractivity contribution in [1.29, 1.82) is 0 Å². The van der Waals surface area contributed by atoms with Gasteiger partial charge in [0, 0.05) is 18.9 Å². The average Bonchev–Trinajstić information content (AvgIpc) is 3.09. The number of hydrogen-bond acceptors (Lipinski definition) is 5. The summed E-state index contributed by atoms with van der Waals surface area (Å²) in [7, 11) is 0. The van der Waals surface area contributed by atoms with E-state index < -0.39 is 0 Å². The highest BCUT2D eigenvalue weighted by molar-refractivity contribution is 5.83. The zero-order chi connectivity index (χ0) is 21.3. The molecule has 8 heteroatoms. The highest BCUT2D eigenvalue weighted by Crippen LogP contribution is 2.21. The zero-order valence-corrected chi connectivity index (χ0v) is 17.1. The van der Waals surface area contributed by atoms with E-state index in [0.717, 1.165) is 22.5 Å². The summed E-state index contributed by atoms with van der Waals surface area (Å²) >= 11 is 0. The van der Waals surface area contributed by atoms with Crippen molar-refractivity contribution in [1.82, 2.24) is 29.9 Å². The number of aryl methyl sites for hydroxylation is 3. The Morgan fingerprint density at radius 2 is 1.83 bits per heavy atom. The molecule has 3 heterocycles. The Hall–Kier alpha value is -3.81. The molecule has 0 fully saturated rings. The maximum Gasteiger partial charge on any atom is 0.295 e. The molecule has 1 N–H and O–H groups in total. The summed E-state index contributed by atoms with van der Waals surface area (Å²) in [6, 6.07) is 11.6. The van der Waals surface area contributed by atoms with Crippen LogP contribution in [0.15, 0.2) is 53.6 Å². The van der Waals surface area contributed by atoms with E-state index in [4.69, 9.17) is 0 Å². The van der Waals surface area contributed by atoms with Gasteiger partial charge in [-0.2, -0.15) is 10.2 Å². The van der Waals surface area contributed by atoms with Crippen LogP contribution in [0.2, 0.25) is 0 Å². The molecule has 0 radical (unpaired) electrons. The normalized spacial score (nSPS) is 11.0. The van der Waals surface area contributed by atoms with E-state index in [2.05, 4.69) is 20.5 Å². The van der Waals surface area contributed by atoms with Gasteiger partial charge >= 0.3 is 0 Å². The van der Waals surface area contributed by atoms with Crippen LogP contribution in [-0.2, 0) is 17.9 Å². The van der Waals surface area contributed by atoms with E-state index in [1.807, 2.05) is 51.1 Å². The lowest BCUT2D eigenvalue weighted by Gasteiger charge is -2.08. The number of nitrogens with zero attached hydrogens (tertiary/aromatic N) is 5. The molecule has 1 aromatic carbocycles. The molecular weight excluding hydrogens is 380 g/mol. The molecule has 0 spiro atoms. The maximum atomic E-state index is 13.0. The van der Waals surface area contributed by atoms with Gasteiger partial charge in [0.25, 0.3) is 5.56 Å². The minimum absolute atomic E-state index is 0.174. The van der Waals surface area contributed by atoms with Crippen molar-refractivity contribution in [2.75, 3.05) is 0 Å². The fourth-order valence-electron chi connectivity index (χ4n) is 3.42. The first-order valence-corrected chi connectivity index (χ1v) is 9.63. The van der Waals surface area contributed by atoms with Crippen LogP contribution in [0.25, 0.3) is 16.6 Å². The van der Waals surface area contributed by atoms with Crippen molar-refractivity contribution in [2.45, 2.75) is 33.9 Å². The quantitative estimate of drug-likeness (QED) is 0.552. The fourth-order valence-corrected chi connectivity index (χ4v) is 3.42. The van der Waals surface area contributed by atoms with Crippen LogP contribution >= 0.6 is 0 Å². The third-order valence-corrected chi connectivity index (χ3v) is 4.97. The molecular formula is C22H22N6O2. The van der Waals surface area contributed by atoms with Crippen molar-refractivity contribution in [2.24, 2.45) is 0 Å². The van der Waals surface area contributed by atoms with E-state index in [-0.39, 0.29) is 18.0 Å². The zero-order valence-electron chi connectivity index (χ0n) is 17.1. The van der Waals surface area contributed by atoms with Gasteiger partial charge < -0.3 is 5.32 Å². The SMILES string of the molecule is Cc1ccc(-n2nc3c(=O)n(CC(=O)NCc4cccnc4)nc(C)c3c2C)cc1. The van der Waals surface area contributed by atoms with Gasteiger partial charge in [-0.25, -0.2) is 9.36 Å². The number of fused-ring (bicyclic) bond motifs is 1. The molecule has 4 rings (SSSR count). The van der Waals surface area contributed by atoms with Gasteiger partial charge in [0.1, 0.15) is 6.54 Å². The molecule has 0 unspecified atom stereocenters. The number of nitrogens with one attached hydrogen (secondary N) is 1. The summed E-state index contributed by atoms with van der Waals surface area (Å²) in [4.78, 5) is 29.3. The smallest absolute Gasteiger partial charge is 0.295 e. The fraction of sp³-hybridized carbons (Fsp3) is 0.227. The van der Waals surface area contributed by atoms with Crippen LogP contribution in [0.5, 0.6) is 0 Å². The first-order chi connectivity index (χ1) is 14.4. The molecule has 0 aliphatic heterocycles. The Bertz CT molecular complexity index is 1270. The predicted octanol–water partition coefficient (Wildman–Crippen LogP) is 2.22. The molecule has 0 atom stereocenters. The monoisotopic (exact) mass is 402 g/mol. The Kier molecular flexibility index (Phi) is 5.14. The van der Waals surface area contributed by atoms with Crippen LogP contribution in [0.1, 0.15) is 22.5 Å². The van der Waals surface area contributed by atoms with Gasteiger partial charge in [0.2, 0.25) is 5.91 Å². The second kappa shape index (κ2) is 7.90. The van der Waals surface area contributed by atoms with Gasteiger partial charge in [0.15, 0.2) is 5.52 Å². The molecule has 0 bridgehead atoms. The molecule has 0 saturated carbocycles. The third-order valence-electron chi connectivity index (χ3n) is 4.97. The molecule has 0 aliphatic rings. The summed E-state index contributed by atoms with van der Waals surface area (Å²) < 4.78 is 2.91. The van der Waals surface area contributed by atoms with E-state index in [0.29, 0.717) is 23.1 Å². The summed E-state index contributed by atoms with van der Waals surface area (Å²) in [6.07, 6.45) is 3.35. The molecule has 1 amide bonds. The molecule has 0 aliphatic carbocycles. The summed E-state index contributed by atoms with van der Waals surface area (Å²) in [5, 5.41) is 12.4. The Morgan fingerprint density at radius 1 is 1.07 bits per heavy atom. The minimum Gasteiger partial charge on any atom is -0.350 e. The second-order valence-corrected chi connectivity index (χ2v) is 7.24. The number of rotatable bonds is 5. The Labute approximate surface area is 173 Å². The summed E-state index contributed by atoms with van der Waals surface area (Å²) in [5.74, 6) is -0.304. The molecule has 8 nitrogen and oxygen atoms in total. The average molecular weight is 402 g/mol. The predicted molar refractivity (Wildman–Crippen MR) is 113 cm³/mol. The van der Waals surface area contributed by atoms with Crippen LogP contribution < -0.4 is 10.9 Å². The van der Waals surface area contributed by atoms with Crippen molar-refractivity contribution in [3.8, 4) is 5.69 Å². The van der Waals surface area contributed by atoms with E-state index >= 15 is 0 Å². The lowest BCUT2D eigenvalue weighted by Crippen LogP contribution is -2.34. The lowest BCUT2D eigenvalue weighted by atomic mass is 10.2. The second-order valence-electron chi connectivity index (χ2n) is 7.24. The molecule has 3 aromatic heterocycles. The van der Waals surface area contributed by atoms with Crippen LogP contribution in [0.4, 0.5) is 0 Å². The van der Waals surface area contributed by atoms with Gasteiger partial charge in [-0.05, 0) is 44.5 Å². The molecule has 4 aromatic rings. The van der Waals surface area contributed by atoms with Gasteiger partial charge in [-0.3, -0.25) is 14.6 Å². The lowest BCUT2D eigenvalue weighted by molar-refractivity contribution is -0.122. The number of carbonyl (C=O) groups is 1. The minimum atomic E-state index is -0.388. The summed E-state index contributed by atoms with van der Waals surface area (Å²) in [5.41, 5.74) is 4.30. The first kappa shape index (κ1) is 19.5. The van der Waals surface area contributed by atoms with Crippen LogP contribution in [-0.4, -0.2) is 30.5 Å². The Morgan fingerprint density at radius 3 is 2.53 bits per heavy atom. The molecule has 30 heavy (non-hydrogen) atoms. The maximum absolute atomic E-state index is 13.0. The molecule has 0 saturated heterocycles. The van der Waals surface area contributed by atoms with Gasteiger partial charge in [0.05, 0.1) is 22.5 Å². The first-order valence-electron chi connectivity index (χ1n) is 9.63. The van der Waals surface area contributed by atoms with Gasteiger partial charge in [-0.1, -0.05) is 23.8 Å². The number of aromatic nitrogens is 5. The molecule has 152 valence electrons. The van der Waals surface area contributed by atoms with E-state index in [1.165, 1.54) is 4.68 Å². The largest absolute Gasteiger partial charge is 0.350 e. The standard InChI is InChI=1S/C22H22N6O2/c1-14-6-8-18(9-7-14)28-16(3)20-15(2)25-27(22(30)21(20)26-28)13-19(29)24-12-17-5-4-10-23-11-17/h4-11H,12-13H2,1-3H3,(H,24,29). The van der Waals surface area contributed by atoms with Crippen molar-refractivity contribution < 1.29 is 4.79 Å². The van der Waals surface area contributed by atoms with Gasteiger partial charge in [-0.15, -0.1) is 0 Å². The van der Waals surface area contributed by atoms with Crippen molar-refractivity contribution in [3.63, 3.8) is 0 Å². The Balaban J connectivity index is 1.64. The number of benzene rings is 1. The number of hydrogen-bond donors (Lipinski definition) is 1. The topological polar surface area (TPSA) is 94.7 Å². The van der Waals surface area contributed by atoms with E-state index in [1.54, 1.807) is 23.1 Å². The van der Waals surface area contributed by atoms with E-state index in [9.17, 15) is 9.59 Å². The number of pyridine rings is 1. The third kappa shape index (κ3) is 3.71. The van der Waals surface area contributed by atoms with Crippen LogP contribution in [0.3, 0.4) is 0 Å². The van der Waals surface area contributed by atoms with Crippen LogP contribution in [0, 0.1) is 20.8 Å². The number of amides is 1.